The van der Waals surface area contributed by atoms with Crippen LogP contribution in [0.2, 0.25) is 0 Å². The van der Waals surface area contributed by atoms with E-state index in [1.54, 1.807) is 18.2 Å². The Bertz CT molecular complexity index is 749. The van der Waals surface area contributed by atoms with Gasteiger partial charge in [-0.25, -0.2) is 8.42 Å². The van der Waals surface area contributed by atoms with E-state index in [0.29, 0.717) is 12.1 Å². The fourth-order valence-electron chi connectivity index (χ4n) is 1.90. The predicted octanol–water partition coefficient (Wildman–Crippen LogP) is 2.93. The maximum absolute atomic E-state index is 12.0. The second-order valence-electron chi connectivity index (χ2n) is 4.74. The summed E-state index contributed by atoms with van der Waals surface area (Å²) in [4.78, 5) is 0. The van der Waals surface area contributed by atoms with Gasteiger partial charge in [-0.2, -0.15) is 5.26 Å². The first-order valence-electron chi connectivity index (χ1n) is 6.56. The summed E-state index contributed by atoms with van der Waals surface area (Å²) >= 11 is 0. The molecular weight excluding hydrogens is 284 g/mol. The van der Waals surface area contributed by atoms with Gasteiger partial charge in [0.15, 0.2) is 5.25 Å². The van der Waals surface area contributed by atoms with E-state index in [0.717, 1.165) is 11.1 Å². The smallest absolute Gasteiger partial charge is 0.248 e. The lowest BCUT2D eigenvalue weighted by Crippen LogP contribution is -2.24. The fourth-order valence-corrected chi connectivity index (χ4v) is 2.72. The molecule has 0 radical (unpaired) electrons. The molecule has 1 atom stereocenters. The summed E-state index contributed by atoms with van der Waals surface area (Å²) in [7, 11) is -3.69. The molecule has 1 unspecified atom stereocenters. The van der Waals surface area contributed by atoms with Gasteiger partial charge in [-0.05, 0) is 30.5 Å². The van der Waals surface area contributed by atoms with Crippen molar-refractivity contribution in [3.05, 3.63) is 65.7 Å². The van der Waals surface area contributed by atoms with E-state index in [1.165, 1.54) is 6.92 Å². The maximum Gasteiger partial charge on any atom is 0.248 e. The van der Waals surface area contributed by atoms with E-state index in [2.05, 4.69) is 4.72 Å². The Morgan fingerprint density at radius 2 is 1.71 bits per heavy atom. The van der Waals surface area contributed by atoms with Crippen molar-refractivity contribution in [3.63, 3.8) is 0 Å². The minimum Gasteiger partial charge on any atom is -0.282 e. The topological polar surface area (TPSA) is 70.0 Å². The van der Waals surface area contributed by atoms with Crippen molar-refractivity contribution >= 4 is 15.7 Å². The first-order chi connectivity index (χ1) is 10.0. The fraction of sp³-hybridized carbons (Fsp3) is 0.188. The standard InChI is InChI=1S/C16H16N2O2S/c1-13(12-17)21(19,20)18-16-10-6-5-9-15(16)11-14-7-3-2-4-8-14/h2-10,13,18H,11H2,1H3. The zero-order valence-corrected chi connectivity index (χ0v) is 12.5. The normalized spacial score (nSPS) is 12.4. The molecule has 0 aliphatic rings. The summed E-state index contributed by atoms with van der Waals surface area (Å²) < 4.78 is 26.5. The van der Waals surface area contributed by atoms with Crippen LogP contribution in [0.3, 0.4) is 0 Å². The van der Waals surface area contributed by atoms with E-state index in [9.17, 15) is 8.42 Å². The number of rotatable bonds is 5. The van der Waals surface area contributed by atoms with Gasteiger partial charge in [-0.1, -0.05) is 48.5 Å². The van der Waals surface area contributed by atoms with Crippen LogP contribution >= 0.6 is 0 Å². The number of benzene rings is 2. The first kappa shape index (κ1) is 15.1. The zero-order valence-electron chi connectivity index (χ0n) is 11.7. The van der Waals surface area contributed by atoms with Gasteiger partial charge in [-0.15, -0.1) is 0 Å². The number of sulfonamides is 1. The molecule has 2 aromatic carbocycles. The predicted molar refractivity (Wildman–Crippen MR) is 83.3 cm³/mol. The molecule has 0 heterocycles. The molecule has 108 valence electrons. The minimum absolute atomic E-state index is 0.517. The molecular formula is C16H16N2O2S. The summed E-state index contributed by atoms with van der Waals surface area (Å²) in [5.41, 5.74) is 2.48. The molecule has 1 N–H and O–H groups in total. The van der Waals surface area contributed by atoms with Crippen molar-refractivity contribution in [2.45, 2.75) is 18.6 Å². The van der Waals surface area contributed by atoms with Crippen molar-refractivity contribution < 1.29 is 8.42 Å². The first-order valence-corrected chi connectivity index (χ1v) is 8.10. The lowest BCUT2D eigenvalue weighted by atomic mass is 10.0. The van der Waals surface area contributed by atoms with Crippen LogP contribution in [-0.4, -0.2) is 13.7 Å². The molecule has 2 rings (SSSR count). The lowest BCUT2D eigenvalue weighted by Gasteiger charge is -2.13. The second kappa shape index (κ2) is 6.42. The molecule has 5 heteroatoms. The average Bonchev–Trinajstić information content (AvgIpc) is 2.49. The van der Waals surface area contributed by atoms with Crippen molar-refractivity contribution in [2.24, 2.45) is 0 Å². The number of nitriles is 1. The molecule has 0 spiro atoms. The van der Waals surface area contributed by atoms with Gasteiger partial charge in [0.25, 0.3) is 0 Å². The maximum atomic E-state index is 12.0. The Labute approximate surface area is 125 Å². The zero-order chi connectivity index (χ0) is 15.3. The minimum atomic E-state index is -3.69. The third-order valence-corrected chi connectivity index (χ3v) is 4.69. The molecule has 0 aromatic heterocycles. The quantitative estimate of drug-likeness (QED) is 0.923. The van der Waals surface area contributed by atoms with Gasteiger partial charge in [-0.3, -0.25) is 4.72 Å². The molecule has 0 aliphatic carbocycles. The highest BCUT2D eigenvalue weighted by atomic mass is 32.2. The lowest BCUT2D eigenvalue weighted by molar-refractivity contribution is 0.597. The molecule has 0 bridgehead atoms. The van der Waals surface area contributed by atoms with Crippen LogP contribution in [-0.2, 0) is 16.4 Å². The number of hydrogen-bond donors (Lipinski definition) is 1. The monoisotopic (exact) mass is 300 g/mol. The van der Waals surface area contributed by atoms with Crippen LogP contribution in [0, 0.1) is 11.3 Å². The van der Waals surface area contributed by atoms with Crippen LogP contribution in [0.15, 0.2) is 54.6 Å². The summed E-state index contributed by atoms with van der Waals surface area (Å²) in [6.07, 6.45) is 0.625. The van der Waals surface area contributed by atoms with Gasteiger partial charge >= 0.3 is 0 Å². The van der Waals surface area contributed by atoms with Gasteiger partial charge in [0, 0.05) is 0 Å². The van der Waals surface area contributed by atoms with E-state index >= 15 is 0 Å². The van der Waals surface area contributed by atoms with Gasteiger partial charge in [0.2, 0.25) is 10.0 Å². The Morgan fingerprint density at radius 3 is 2.38 bits per heavy atom. The van der Waals surface area contributed by atoms with Crippen molar-refractivity contribution in [3.8, 4) is 6.07 Å². The van der Waals surface area contributed by atoms with Crippen LogP contribution in [0.5, 0.6) is 0 Å². The van der Waals surface area contributed by atoms with Crippen LogP contribution in [0.4, 0.5) is 5.69 Å². The number of nitrogens with one attached hydrogen (secondary N) is 1. The van der Waals surface area contributed by atoms with E-state index < -0.39 is 15.3 Å². The molecule has 4 nitrogen and oxygen atoms in total. The number of nitrogens with zero attached hydrogens (tertiary/aromatic N) is 1. The Balaban J connectivity index is 2.28. The van der Waals surface area contributed by atoms with Crippen molar-refractivity contribution in [1.82, 2.24) is 0 Å². The van der Waals surface area contributed by atoms with E-state index in [-0.39, 0.29) is 0 Å². The van der Waals surface area contributed by atoms with Gasteiger partial charge < -0.3 is 0 Å². The van der Waals surface area contributed by atoms with E-state index in [1.807, 2.05) is 42.5 Å². The van der Waals surface area contributed by atoms with Crippen LogP contribution in [0.1, 0.15) is 18.1 Å². The number of hydrogen-bond acceptors (Lipinski definition) is 3. The average molecular weight is 300 g/mol. The summed E-state index contributed by atoms with van der Waals surface area (Å²) in [5, 5.41) is 7.69. The highest BCUT2D eigenvalue weighted by Gasteiger charge is 2.21. The van der Waals surface area contributed by atoms with Gasteiger partial charge in [0.1, 0.15) is 0 Å². The molecule has 0 aliphatic heterocycles. The molecule has 2 aromatic rings. The van der Waals surface area contributed by atoms with Crippen LogP contribution < -0.4 is 4.72 Å². The van der Waals surface area contributed by atoms with Crippen LogP contribution in [0.25, 0.3) is 0 Å². The summed E-state index contributed by atoms with van der Waals surface area (Å²) in [6.45, 7) is 1.36. The highest BCUT2D eigenvalue weighted by Crippen LogP contribution is 2.21. The van der Waals surface area contributed by atoms with Crippen molar-refractivity contribution in [2.75, 3.05) is 4.72 Å². The number of anilines is 1. The molecule has 0 saturated carbocycles. The third kappa shape index (κ3) is 3.83. The van der Waals surface area contributed by atoms with Gasteiger partial charge in [0.05, 0.1) is 11.8 Å². The molecule has 0 fully saturated rings. The largest absolute Gasteiger partial charge is 0.282 e. The van der Waals surface area contributed by atoms with E-state index in [4.69, 9.17) is 5.26 Å². The van der Waals surface area contributed by atoms with Crippen molar-refractivity contribution in [1.29, 1.82) is 5.26 Å². The Kier molecular flexibility index (Phi) is 4.61. The molecule has 21 heavy (non-hydrogen) atoms. The third-order valence-electron chi connectivity index (χ3n) is 3.15. The Morgan fingerprint density at radius 1 is 1.10 bits per heavy atom. The summed E-state index contributed by atoms with van der Waals surface area (Å²) in [5.74, 6) is 0. The molecule has 0 saturated heterocycles. The second-order valence-corrected chi connectivity index (χ2v) is 6.74. The summed E-state index contributed by atoms with van der Waals surface area (Å²) in [6, 6.07) is 18.8. The number of para-hydroxylation sites is 1. The SMILES string of the molecule is CC(C#N)S(=O)(=O)Nc1ccccc1Cc1ccccc1. The Hall–Kier alpha value is -2.32. The molecule has 0 amide bonds. The highest BCUT2D eigenvalue weighted by molar-refractivity contribution is 7.93.